The number of hydrogen-bond donors (Lipinski definition) is 0. The Kier molecular flexibility index (Phi) is 2.80. The van der Waals surface area contributed by atoms with E-state index in [4.69, 9.17) is 4.74 Å². The number of hydrogen-bond acceptors (Lipinski definition) is 4. The van der Waals surface area contributed by atoms with Crippen molar-refractivity contribution in [2.45, 2.75) is 44.8 Å². The minimum Gasteiger partial charge on any atom is -0.460 e. The summed E-state index contributed by atoms with van der Waals surface area (Å²) in [6.07, 6.45) is 2.72. The molecule has 0 radical (unpaired) electrons. The molecule has 0 bridgehead atoms. The molecule has 0 N–H and O–H groups in total. The molecule has 1 saturated carbocycles. The number of carbonyl (C=O) groups excluding carboxylic acids is 1. The molecule has 3 rings (SSSR count). The minimum absolute atomic E-state index is 0.0185. The molecule has 1 fully saturated rings. The smallest absolute Gasteiger partial charge is 0.378 e. The van der Waals surface area contributed by atoms with Gasteiger partial charge in [0.15, 0.2) is 12.0 Å². The second-order valence-electron chi connectivity index (χ2n) is 4.99. The van der Waals surface area contributed by atoms with Crippen molar-refractivity contribution in [3.63, 3.8) is 0 Å². The number of nitrogens with zero attached hydrogens (tertiary/aromatic N) is 3. The molecule has 5 nitrogen and oxygen atoms in total. The predicted molar refractivity (Wildman–Crippen MR) is 60.8 cm³/mol. The summed E-state index contributed by atoms with van der Waals surface area (Å²) < 4.78 is 20.2. The van der Waals surface area contributed by atoms with Crippen LogP contribution in [-0.2, 0) is 4.74 Å². The van der Waals surface area contributed by atoms with Crippen LogP contribution >= 0.6 is 0 Å². The Morgan fingerprint density at radius 1 is 1.56 bits per heavy atom. The Morgan fingerprint density at radius 2 is 2.33 bits per heavy atom. The molecule has 0 saturated heterocycles. The van der Waals surface area contributed by atoms with Crippen molar-refractivity contribution in [1.29, 1.82) is 0 Å². The number of rotatable bonds is 4. The summed E-state index contributed by atoms with van der Waals surface area (Å²) in [5, 5.41) is 4.11. The summed E-state index contributed by atoms with van der Waals surface area (Å²) in [7, 11) is 0. The highest BCUT2D eigenvalue weighted by atomic mass is 19.1. The van der Waals surface area contributed by atoms with E-state index in [2.05, 4.69) is 10.1 Å². The zero-order valence-electron chi connectivity index (χ0n) is 10.3. The normalized spacial score (nSPS) is 26.1. The maximum Gasteiger partial charge on any atom is 0.378 e. The van der Waals surface area contributed by atoms with Gasteiger partial charge in [0.2, 0.25) is 0 Å². The van der Waals surface area contributed by atoms with Crippen LogP contribution in [0, 0.1) is 5.92 Å². The monoisotopic (exact) mass is 253 g/mol. The third kappa shape index (κ3) is 2.00. The van der Waals surface area contributed by atoms with E-state index in [1.165, 1.54) is 12.8 Å². The molecule has 18 heavy (non-hydrogen) atoms. The Morgan fingerprint density at radius 3 is 3.00 bits per heavy atom. The first-order valence-corrected chi connectivity index (χ1v) is 6.46. The molecular weight excluding hydrogens is 237 g/mol. The lowest BCUT2D eigenvalue weighted by molar-refractivity contribution is 0.0511. The first-order chi connectivity index (χ1) is 8.69. The molecule has 1 aromatic rings. The number of esters is 1. The van der Waals surface area contributed by atoms with E-state index in [1.54, 1.807) is 11.6 Å². The average Bonchev–Trinajstić information content (AvgIpc) is 2.95. The quantitative estimate of drug-likeness (QED) is 0.772. The van der Waals surface area contributed by atoms with Crippen LogP contribution in [-0.4, -0.2) is 27.3 Å². The summed E-state index contributed by atoms with van der Waals surface area (Å²) in [6.45, 7) is 1.99. The molecule has 98 valence electrons. The van der Waals surface area contributed by atoms with Gasteiger partial charge >= 0.3 is 5.97 Å². The lowest BCUT2D eigenvalue weighted by Crippen LogP contribution is -2.11. The maximum absolute atomic E-state index is 13.8. The fourth-order valence-corrected chi connectivity index (χ4v) is 2.48. The van der Waals surface area contributed by atoms with Gasteiger partial charge in [-0.2, -0.15) is 0 Å². The van der Waals surface area contributed by atoms with Gasteiger partial charge in [0.05, 0.1) is 12.6 Å². The molecule has 0 aromatic carbocycles. The molecule has 2 heterocycles. The number of fused-ring (bicyclic) bond motifs is 1. The lowest BCUT2D eigenvalue weighted by atomic mass is 10.1. The van der Waals surface area contributed by atoms with Gasteiger partial charge in [-0.25, -0.2) is 18.9 Å². The van der Waals surface area contributed by atoms with E-state index in [1.807, 2.05) is 0 Å². The van der Waals surface area contributed by atoms with Crippen molar-refractivity contribution in [1.82, 2.24) is 14.8 Å². The van der Waals surface area contributed by atoms with Crippen molar-refractivity contribution in [3.05, 3.63) is 11.6 Å². The van der Waals surface area contributed by atoms with Gasteiger partial charge < -0.3 is 4.74 Å². The summed E-state index contributed by atoms with van der Waals surface area (Å²) in [4.78, 5) is 15.5. The van der Waals surface area contributed by atoms with Gasteiger partial charge in [-0.15, -0.1) is 5.10 Å². The molecule has 1 aliphatic heterocycles. The van der Waals surface area contributed by atoms with Crippen LogP contribution in [0.1, 0.15) is 61.3 Å². The van der Waals surface area contributed by atoms with E-state index in [0.717, 1.165) is 6.42 Å². The number of carbonyl (C=O) groups is 1. The first kappa shape index (κ1) is 11.6. The molecule has 1 aromatic heterocycles. The molecule has 0 amide bonds. The van der Waals surface area contributed by atoms with E-state index in [9.17, 15) is 9.18 Å². The Hall–Kier alpha value is -1.46. The fourth-order valence-electron chi connectivity index (χ4n) is 2.48. The van der Waals surface area contributed by atoms with Crippen LogP contribution in [0.15, 0.2) is 0 Å². The average molecular weight is 253 g/mol. The van der Waals surface area contributed by atoms with E-state index >= 15 is 0 Å². The van der Waals surface area contributed by atoms with Crippen LogP contribution in [0.2, 0.25) is 0 Å². The zero-order valence-corrected chi connectivity index (χ0v) is 10.3. The first-order valence-electron chi connectivity index (χ1n) is 6.46. The van der Waals surface area contributed by atoms with Crippen molar-refractivity contribution in [3.8, 4) is 0 Å². The topological polar surface area (TPSA) is 57.0 Å². The highest BCUT2D eigenvalue weighted by Crippen LogP contribution is 2.44. The van der Waals surface area contributed by atoms with E-state index < -0.39 is 12.1 Å². The summed E-state index contributed by atoms with van der Waals surface area (Å²) >= 11 is 0. The molecule has 2 aliphatic rings. The fraction of sp³-hybridized carbons (Fsp3) is 0.750. The van der Waals surface area contributed by atoms with Gasteiger partial charge in [-0.3, -0.25) is 0 Å². The Labute approximate surface area is 104 Å². The number of ether oxygens (including phenoxy) is 1. The van der Waals surface area contributed by atoms with Gasteiger partial charge in [0.1, 0.15) is 0 Å². The molecule has 2 unspecified atom stereocenters. The second-order valence-corrected chi connectivity index (χ2v) is 4.99. The minimum atomic E-state index is -1.11. The molecule has 6 heteroatoms. The SMILES string of the molecule is CCOC(=O)c1nc2n(n1)C(CC1CC1)CC2F. The number of aromatic nitrogens is 3. The molecule has 2 atom stereocenters. The third-order valence-corrected chi connectivity index (χ3v) is 3.52. The van der Waals surface area contributed by atoms with Crippen LogP contribution in [0.4, 0.5) is 4.39 Å². The van der Waals surface area contributed by atoms with Crippen LogP contribution in [0.3, 0.4) is 0 Å². The van der Waals surface area contributed by atoms with Crippen molar-refractivity contribution < 1.29 is 13.9 Å². The highest BCUT2D eigenvalue weighted by molar-refractivity contribution is 5.85. The lowest BCUT2D eigenvalue weighted by Gasteiger charge is -2.09. The van der Waals surface area contributed by atoms with Crippen molar-refractivity contribution in [2.75, 3.05) is 6.61 Å². The molecule has 1 aliphatic carbocycles. The number of halogens is 1. The largest absolute Gasteiger partial charge is 0.460 e. The van der Waals surface area contributed by atoms with Crippen LogP contribution in [0.5, 0.6) is 0 Å². The Bertz CT molecular complexity index is 470. The van der Waals surface area contributed by atoms with E-state index in [0.29, 0.717) is 12.3 Å². The third-order valence-electron chi connectivity index (χ3n) is 3.52. The van der Waals surface area contributed by atoms with Crippen LogP contribution in [0.25, 0.3) is 0 Å². The van der Waals surface area contributed by atoms with Crippen LogP contribution < -0.4 is 0 Å². The van der Waals surface area contributed by atoms with Gasteiger partial charge in [0.25, 0.3) is 5.82 Å². The molecule has 0 spiro atoms. The maximum atomic E-state index is 13.8. The Balaban J connectivity index is 1.81. The molecular formula is C12H16FN3O2. The predicted octanol–water partition coefficient (Wildman–Crippen LogP) is 2.21. The van der Waals surface area contributed by atoms with Crippen molar-refractivity contribution in [2.24, 2.45) is 5.92 Å². The summed E-state index contributed by atoms with van der Waals surface area (Å²) in [5.74, 6) is 0.388. The summed E-state index contributed by atoms with van der Waals surface area (Å²) in [6, 6.07) is 0.0539. The van der Waals surface area contributed by atoms with Crippen molar-refractivity contribution >= 4 is 5.97 Å². The standard InChI is InChI=1S/C12H16FN3O2/c1-2-18-12(17)10-14-11-9(13)6-8(16(11)15-10)5-7-3-4-7/h7-9H,2-6H2,1H3. The summed E-state index contributed by atoms with van der Waals surface area (Å²) in [5.41, 5.74) is 0. The zero-order chi connectivity index (χ0) is 12.7. The van der Waals surface area contributed by atoms with E-state index in [-0.39, 0.29) is 24.3 Å². The highest BCUT2D eigenvalue weighted by Gasteiger charge is 2.38. The van der Waals surface area contributed by atoms with Gasteiger partial charge in [-0.05, 0) is 19.3 Å². The van der Waals surface area contributed by atoms with Gasteiger partial charge in [-0.1, -0.05) is 12.8 Å². The van der Waals surface area contributed by atoms with Gasteiger partial charge in [0, 0.05) is 6.42 Å². The second kappa shape index (κ2) is 4.33. The number of alkyl halides is 1.